The lowest BCUT2D eigenvalue weighted by Gasteiger charge is -2.14. The molecule has 1 amide bonds. The number of rotatable bonds is 8. The average molecular weight is 427 g/mol. The summed E-state index contributed by atoms with van der Waals surface area (Å²) in [7, 11) is 0. The fourth-order valence-corrected chi connectivity index (χ4v) is 3.06. The van der Waals surface area contributed by atoms with Crippen LogP contribution in [0, 0.1) is 21.4 Å². The molecule has 3 rings (SSSR count). The number of para-hydroxylation sites is 1. The van der Waals surface area contributed by atoms with Crippen LogP contribution in [-0.4, -0.2) is 10.8 Å². The zero-order valence-corrected chi connectivity index (χ0v) is 17.4. The molecule has 0 aromatic heterocycles. The van der Waals surface area contributed by atoms with Crippen LogP contribution in [0.4, 0.5) is 5.69 Å². The lowest BCUT2D eigenvalue weighted by molar-refractivity contribution is -0.384. The minimum Gasteiger partial charge on any atom is -0.488 e. The van der Waals surface area contributed by atoms with E-state index in [0.29, 0.717) is 16.9 Å². The maximum Gasteiger partial charge on any atom is 0.269 e. The van der Waals surface area contributed by atoms with Crippen molar-refractivity contribution in [3.63, 3.8) is 0 Å². The van der Waals surface area contributed by atoms with E-state index in [9.17, 15) is 20.2 Å². The van der Waals surface area contributed by atoms with Crippen molar-refractivity contribution in [3.05, 3.63) is 111 Å². The van der Waals surface area contributed by atoms with Gasteiger partial charge < -0.3 is 10.1 Å². The molecule has 7 heteroatoms. The van der Waals surface area contributed by atoms with Crippen molar-refractivity contribution in [2.24, 2.45) is 0 Å². The second-order valence-electron chi connectivity index (χ2n) is 7.03. The van der Waals surface area contributed by atoms with Gasteiger partial charge in [0.1, 0.15) is 24.0 Å². The van der Waals surface area contributed by atoms with Gasteiger partial charge in [0.15, 0.2) is 0 Å². The van der Waals surface area contributed by atoms with Gasteiger partial charge in [0.05, 0.1) is 11.0 Å². The largest absolute Gasteiger partial charge is 0.488 e. The molecule has 0 saturated carbocycles. The Morgan fingerprint density at radius 3 is 2.56 bits per heavy atom. The molecule has 0 aliphatic rings. The highest BCUT2D eigenvalue weighted by Gasteiger charge is 2.15. The molecule has 0 unspecified atom stereocenters. The predicted octanol–water partition coefficient (Wildman–Crippen LogP) is 4.96. The first kappa shape index (κ1) is 22.2. The highest BCUT2D eigenvalue weighted by atomic mass is 16.6. The summed E-state index contributed by atoms with van der Waals surface area (Å²) < 4.78 is 5.83. The fourth-order valence-electron chi connectivity index (χ4n) is 3.06. The van der Waals surface area contributed by atoms with Gasteiger partial charge in [-0.25, -0.2) is 0 Å². The third kappa shape index (κ3) is 5.80. The van der Waals surface area contributed by atoms with E-state index in [4.69, 9.17) is 4.74 Å². The van der Waals surface area contributed by atoms with Crippen LogP contribution in [0.5, 0.6) is 5.75 Å². The number of nitro benzene ring substituents is 1. The highest BCUT2D eigenvalue weighted by Crippen LogP contribution is 2.23. The Kier molecular flexibility index (Phi) is 7.33. The Bertz CT molecular complexity index is 1180. The van der Waals surface area contributed by atoms with Gasteiger partial charge in [0, 0.05) is 17.7 Å². The molecule has 0 fully saturated rings. The summed E-state index contributed by atoms with van der Waals surface area (Å²) in [4.78, 5) is 23.1. The number of carbonyl (C=O) groups is 1. The van der Waals surface area contributed by atoms with Crippen LogP contribution in [0.1, 0.15) is 29.7 Å². The zero-order chi connectivity index (χ0) is 22.9. The monoisotopic (exact) mass is 427 g/mol. The van der Waals surface area contributed by atoms with Crippen LogP contribution >= 0.6 is 0 Å². The van der Waals surface area contributed by atoms with E-state index in [2.05, 4.69) is 5.32 Å². The Balaban J connectivity index is 1.75. The Morgan fingerprint density at radius 2 is 1.84 bits per heavy atom. The number of non-ortho nitro benzene ring substituents is 1. The first-order valence-corrected chi connectivity index (χ1v) is 9.90. The summed E-state index contributed by atoms with van der Waals surface area (Å²) in [5, 5.41) is 23.3. The number of benzene rings is 3. The first-order valence-electron chi connectivity index (χ1n) is 9.90. The van der Waals surface area contributed by atoms with E-state index >= 15 is 0 Å². The number of carbonyl (C=O) groups excluding carboxylic acids is 1. The van der Waals surface area contributed by atoms with Gasteiger partial charge in [-0.15, -0.1) is 0 Å². The minimum atomic E-state index is -0.489. The van der Waals surface area contributed by atoms with Gasteiger partial charge in [-0.1, -0.05) is 60.7 Å². The Labute approximate surface area is 185 Å². The number of amides is 1. The van der Waals surface area contributed by atoms with Gasteiger partial charge >= 0.3 is 0 Å². The van der Waals surface area contributed by atoms with Crippen LogP contribution < -0.4 is 10.1 Å². The predicted molar refractivity (Wildman–Crippen MR) is 120 cm³/mol. The van der Waals surface area contributed by atoms with Crippen molar-refractivity contribution in [1.29, 1.82) is 5.26 Å². The molecule has 0 bridgehead atoms. The second-order valence-corrected chi connectivity index (χ2v) is 7.03. The lowest BCUT2D eigenvalue weighted by atomic mass is 10.1. The van der Waals surface area contributed by atoms with Gasteiger partial charge in [0.25, 0.3) is 11.6 Å². The number of hydrogen-bond donors (Lipinski definition) is 1. The van der Waals surface area contributed by atoms with E-state index in [1.807, 2.05) is 43.3 Å². The second kappa shape index (κ2) is 10.5. The van der Waals surface area contributed by atoms with Crippen molar-refractivity contribution in [3.8, 4) is 11.8 Å². The summed E-state index contributed by atoms with van der Waals surface area (Å²) in [6.07, 6.45) is 1.47. The summed E-state index contributed by atoms with van der Waals surface area (Å²) in [5.41, 5.74) is 2.04. The SMILES string of the molecule is C[C@H](NC(=O)/C(C#N)=C\c1ccccc1OCc1cccc([N+](=O)[O-])c1)c1ccccc1. The number of hydrogen-bond acceptors (Lipinski definition) is 5. The summed E-state index contributed by atoms with van der Waals surface area (Å²) in [6, 6.07) is 24.3. The normalized spacial score (nSPS) is 11.8. The van der Waals surface area contributed by atoms with Crippen LogP contribution in [0.2, 0.25) is 0 Å². The topological polar surface area (TPSA) is 105 Å². The van der Waals surface area contributed by atoms with E-state index in [-0.39, 0.29) is 23.9 Å². The van der Waals surface area contributed by atoms with Crippen molar-refractivity contribution < 1.29 is 14.5 Å². The quantitative estimate of drug-likeness (QED) is 0.237. The van der Waals surface area contributed by atoms with E-state index < -0.39 is 10.8 Å². The maximum atomic E-state index is 12.6. The summed E-state index contributed by atoms with van der Waals surface area (Å²) in [6.45, 7) is 1.95. The third-order valence-electron chi connectivity index (χ3n) is 4.75. The number of ether oxygens (including phenoxy) is 1. The number of nitrogens with zero attached hydrogens (tertiary/aromatic N) is 2. The maximum absolute atomic E-state index is 12.6. The molecule has 0 heterocycles. The van der Waals surface area contributed by atoms with Gasteiger partial charge in [-0.2, -0.15) is 5.26 Å². The average Bonchev–Trinajstić information content (AvgIpc) is 2.82. The van der Waals surface area contributed by atoms with Crippen LogP contribution in [0.25, 0.3) is 6.08 Å². The summed E-state index contributed by atoms with van der Waals surface area (Å²) in [5.74, 6) is -0.0343. The number of nitro groups is 1. The fraction of sp³-hybridized carbons (Fsp3) is 0.120. The third-order valence-corrected chi connectivity index (χ3v) is 4.75. The van der Waals surface area contributed by atoms with Crippen molar-refractivity contribution in [1.82, 2.24) is 5.32 Å². The molecular formula is C25H21N3O4. The Morgan fingerprint density at radius 1 is 1.12 bits per heavy atom. The molecule has 1 N–H and O–H groups in total. The molecule has 0 saturated heterocycles. The number of nitrogens with one attached hydrogen (secondary N) is 1. The van der Waals surface area contributed by atoms with E-state index in [1.165, 1.54) is 18.2 Å². The highest BCUT2D eigenvalue weighted by molar-refractivity contribution is 6.02. The molecule has 3 aromatic carbocycles. The van der Waals surface area contributed by atoms with Gasteiger partial charge in [-0.05, 0) is 30.2 Å². The minimum absolute atomic E-state index is 0.0183. The van der Waals surface area contributed by atoms with Crippen molar-refractivity contribution in [2.75, 3.05) is 0 Å². The van der Waals surface area contributed by atoms with Crippen LogP contribution in [0.15, 0.2) is 84.4 Å². The molecular weight excluding hydrogens is 406 g/mol. The van der Waals surface area contributed by atoms with Crippen LogP contribution in [0.3, 0.4) is 0 Å². The first-order chi connectivity index (χ1) is 15.5. The van der Waals surface area contributed by atoms with Crippen molar-refractivity contribution >= 4 is 17.7 Å². The molecule has 0 aliphatic carbocycles. The molecule has 0 aliphatic heterocycles. The van der Waals surface area contributed by atoms with Gasteiger partial charge in [-0.3, -0.25) is 14.9 Å². The van der Waals surface area contributed by atoms with Crippen molar-refractivity contribution in [2.45, 2.75) is 19.6 Å². The van der Waals surface area contributed by atoms with Crippen LogP contribution in [-0.2, 0) is 11.4 Å². The van der Waals surface area contributed by atoms with Gasteiger partial charge in [0.2, 0.25) is 0 Å². The Hall–Kier alpha value is -4.44. The lowest BCUT2D eigenvalue weighted by Crippen LogP contribution is -2.27. The van der Waals surface area contributed by atoms with E-state index in [0.717, 1.165) is 5.56 Å². The molecule has 0 spiro atoms. The molecule has 3 aromatic rings. The smallest absolute Gasteiger partial charge is 0.269 e. The van der Waals surface area contributed by atoms with E-state index in [1.54, 1.807) is 36.4 Å². The number of nitriles is 1. The summed E-state index contributed by atoms with van der Waals surface area (Å²) >= 11 is 0. The molecule has 160 valence electrons. The molecule has 32 heavy (non-hydrogen) atoms. The zero-order valence-electron chi connectivity index (χ0n) is 17.4. The molecule has 1 atom stereocenters. The molecule has 7 nitrogen and oxygen atoms in total. The standard InChI is InChI=1S/C25H21N3O4/c1-18(20-9-3-2-4-10-20)27-25(29)22(16-26)15-21-11-5-6-13-24(21)32-17-19-8-7-12-23(14-19)28(30)31/h2-15,18H,17H2,1H3,(H,27,29)/b22-15-/t18-/m0/s1. The molecule has 0 radical (unpaired) electrons.